The number of imide groups is 1. The van der Waals surface area contributed by atoms with Crippen LogP contribution in [0.4, 0.5) is 11.4 Å². The summed E-state index contributed by atoms with van der Waals surface area (Å²) in [5.41, 5.74) is 4.86. The minimum atomic E-state index is -0.567. The lowest BCUT2D eigenvalue weighted by atomic mass is 9.70. The summed E-state index contributed by atoms with van der Waals surface area (Å²) >= 11 is 2.07. The van der Waals surface area contributed by atoms with Crippen molar-refractivity contribution in [3.8, 4) is 11.5 Å². The normalized spacial score (nSPS) is 23.2. The van der Waals surface area contributed by atoms with Crippen molar-refractivity contribution >= 4 is 57.4 Å². The number of amides is 2. The number of fused-ring (bicyclic) bond motifs is 3. The van der Waals surface area contributed by atoms with Crippen LogP contribution in [0.2, 0.25) is 0 Å². The zero-order valence-corrected chi connectivity index (χ0v) is 26.3. The Morgan fingerprint density at radius 1 is 1.18 bits per heavy atom. The maximum atomic E-state index is 13.8. The number of allylic oxidation sites excluding steroid dienone is 2. The van der Waals surface area contributed by atoms with E-state index < -0.39 is 16.8 Å². The van der Waals surface area contributed by atoms with Crippen molar-refractivity contribution in [1.82, 2.24) is 4.98 Å². The maximum Gasteiger partial charge on any atom is 0.271 e. The fraction of sp³-hybridized carbons (Fsp3) is 0.303. The topological polar surface area (TPSA) is 132 Å². The second-order valence-electron chi connectivity index (χ2n) is 11.3. The molecule has 3 aliphatic rings. The van der Waals surface area contributed by atoms with E-state index in [2.05, 4.69) is 27.6 Å². The number of ether oxygens (including phenoxy) is 2. The molecule has 0 spiro atoms. The molecule has 6 rings (SSSR count). The molecule has 2 aliphatic heterocycles. The fourth-order valence-corrected chi connectivity index (χ4v) is 7.40. The number of pyridine rings is 1. The van der Waals surface area contributed by atoms with Crippen LogP contribution in [0, 0.1) is 31.4 Å². The second-order valence-corrected chi connectivity index (χ2v) is 12.4. The van der Waals surface area contributed by atoms with E-state index in [4.69, 9.17) is 9.47 Å². The zero-order valence-electron chi connectivity index (χ0n) is 24.1. The van der Waals surface area contributed by atoms with Crippen LogP contribution in [0.25, 0.3) is 11.6 Å². The summed E-state index contributed by atoms with van der Waals surface area (Å²) in [4.78, 5) is 43.8. The quantitative estimate of drug-likeness (QED) is 0.0967. The van der Waals surface area contributed by atoms with Gasteiger partial charge in [-0.1, -0.05) is 17.7 Å². The number of nitro groups is 1. The molecule has 4 atom stereocenters. The number of aromatic nitrogens is 1. The van der Waals surface area contributed by atoms with Crippen molar-refractivity contribution in [3.63, 3.8) is 0 Å². The lowest BCUT2D eigenvalue weighted by Crippen LogP contribution is -2.34. The van der Waals surface area contributed by atoms with Gasteiger partial charge in [-0.2, -0.15) is 0 Å². The Kier molecular flexibility index (Phi) is 8.25. The van der Waals surface area contributed by atoms with Gasteiger partial charge in [-0.05, 0) is 102 Å². The Bertz CT molecular complexity index is 1720. The van der Waals surface area contributed by atoms with Gasteiger partial charge >= 0.3 is 0 Å². The van der Waals surface area contributed by atoms with Crippen molar-refractivity contribution in [3.05, 3.63) is 96.9 Å². The van der Waals surface area contributed by atoms with Crippen molar-refractivity contribution in [2.24, 2.45) is 17.8 Å². The number of phenolic OH excluding ortho intramolecular Hbond substituents is 1. The molecule has 226 valence electrons. The van der Waals surface area contributed by atoms with Gasteiger partial charge < -0.3 is 14.6 Å². The van der Waals surface area contributed by atoms with E-state index in [0.717, 1.165) is 32.9 Å². The van der Waals surface area contributed by atoms with Gasteiger partial charge in [0.1, 0.15) is 0 Å². The largest absolute Gasteiger partial charge is 0.504 e. The van der Waals surface area contributed by atoms with Gasteiger partial charge in [0.05, 0.1) is 51.5 Å². The highest BCUT2D eigenvalue weighted by Crippen LogP contribution is 2.50. The molecule has 0 bridgehead atoms. The van der Waals surface area contributed by atoms with Gasteiger partial charge in [-0.3, -0.25) is 24.7 Å². The number of nitrogens with zero attached hydrogens (tertiary/aromatic N) is 3. The minimum absolute atomic E-state index is 0.0945. The predicted octanol–water partition coefficient (Wildman–Crippen LogP) is 6.17. The van der Waals surface area contributed by atoms with E-state index >= 15 is 0 Å². The molecule has 3 heterocycles. The molecule has 11 heteroatoms. The first kappa shape index (κ1) is 29.9. The fourth-order valence-electron chi connectivity index (χ4n) is 6.78. The first-order valence-electron chi connectivity index (χ1n) is 14.3. The van der Waals surface area contributed by atoms with Crippen molar-refractivity contribution in [2.45, 2.75) is 32.3 Å². The van der Waals surface area contributed by atoms with Gasteiger partial charge in [0, 0.05) is 24.2 Å². The minimum Gasteiger partial charge on any atom is -0.504 e. The molecule has 0 saturated carbocycles. The molecule has 2 fully saturated rings. The molecule has 2 aromatic carbocycles. The summed E-state index contributed by atoms with van der Waals surface area (Å²) in [6.45, 7) is 2.34. The number of methoxy groups -OCH3 is 1. The third-order valence-electron chi connectivity index (χ3n) is 8.73. The molecular formula is C33H30IN3O7. The van der Waals surface area contributed by atoms with Crippen molar-refractivity contribution in [2.75, 3.05) is 18.6 Å². The average Bonchev–Trinajstić information content (AvgIpc) is 3.55. The van der Waals surface area contributed by atoms with E-state index in [1.54, 1.807) is 18.3 Å². The lowest BCUT2D eigenvalue weighted by molar-refractivity contribution is -0.384. The number of halogens is 1. The number of benzene rings is 2. The molecule has 3 aromatic rings. The first-order valence-corrected chi connectivity index (χ1v) is 15.4. The Labute approximate surface area is 267 Å². The number of aromatic hydroxyl groups is 1. The number of hydrogen-bond donors (Lipinski definition) is 1. The first-order chi connectivity index (χ1) is 21.2. The monoisotopic (exact) mass is 707 g/mol. The highest BCUT2D eigenvalue weighted by molar-refractivity contribution is 14.1. The standard InChI is InChI=1S/C33H30IN3O7/c1-18-12-23-30(33(40)36(32(23)39)21-6-5-7-22(16-21)37(41)42)24-17-44-27(29(18)24)10-9-20(26-8-3-4-11-35-26)13-19-14-25(34)31(38)28(15-19)43-2/h3-8,11,13-16,23-24,27,30,38H,9-10,12,17H2,1-2H3/b20-13-/t23-,24+,27-,30-/m1/s1. The van der Waals surface area contributed by atoms with Crippen LogP contribution in [0.5, 0.6) is 11.5 Å². The van der Waals surface area contributed by atoms with Crippen LogP contribution in [0.3, 0.4) is 0 Å². The van der Waals surface area contributed by atoms with Gasteiger partial charge in [0.25, 0.3) is 5.69 Å². The summed E-state index contributed by atoms with van der Waals surface area (Å²) in [6, 6.07) is 15.1. The molecule has 1 N–H and O–H groups in total. The molecule has 2 saturated heterocycles. The van der Waals surface area contributed by atoms with E-state index in [1.165, 1.54) is 25.3 Å². The molecule has 44 heavy (non-hydrogen) atoms. The molecule has 10 nitrogen and oxygen atoms in total. The SMILES string of the molecule is COc1cc(/C=C(/CC[C@H]2OC[C@H]3C2=C(C)C[C@H]2C(=O)N(c4cccc([N+](=O)[O-])c4)C(=O)[C@H]23)c2ccccn2)cc(I)c1O. The van der Waals surface area contributed by atoms with Crippen molar-refractivity contribution in [1.29, 1.82) is 0 Å². The van der Waals surface area contributed by atoms with Gasteiger partial charge in [0.15, 0.2) is 11.5 Å². The summed E-state index contributed by atoms with van der Waals surface area (Å²) in [7, 11) is 1.52. The second kappa shape index (κ2) is 12.1. The van der Waals surface area contributed by atoms with Gasteiger partial charge in [-0.15, -0.1) is 0 Å². The highest BCUT2D eigenvalue weighted by atomic mass is 127. The Morgan fingerprint density at radius 3 is 2.73 bits per heavy atom. The number of carbonyl (C=O) groups is 2. The number of nitro benzene ring substituents is 1. The van der Waals surface area contributed by atoms with Crippen LogP contribution in [0.1, 0.15) is 37.4 Å². The third-order valence-corrected chi connectivity index (χ3v) is 9.55. The Hall–Kier alpha value is -4.10. The van der Waals surface area contributed by atoms with Gasteiger partial charge in [0.2, 0.25) is 11.8 Å². The summed E-state index contributed by atoms with van der Waals surface area (Å²) in [5.74, 6) is -1.48. The van der Waals surface area contributed by atoms with E-state index in [9.17, 15) is 24.8 Å². The summed E-state index contributed by atoms with van der Waals surface area (Å²) in [5, 5.41) is 21.6. The van der Waals surface area contributed by atoms with Crippen LogP contribution in [-0.4, -0.2) is 46.6 Å². The summed E-state index contributed by atoms with van der Waals surface area (Å²) < 4.78 is 12.4. The molecule has 1 aromatic heterocycles. The number of phenols is 1. The number of hydrogen-bond acceptors (Lipinski definition) is 8. The van der Waals surface area contributed by atoms with Gasteiger partial charge in [-0.25, -0.2) is 4.90 Å². The average molecular weight is 708 g/mol. The van der Waals surface area contributed by atoms with Crippen molar-refractivity contribution < 1.29 is 29.1 Å². The van der Waals surface area contributed by atoms with E-state index in [0.29, 0.717) is 35.2 Å². The number of anilines is 1. The maximum absolute atomic E-state index is 13.8. The van der Waals surface area contributed by atoms with E-state index in [-0.39, 0.29) is 41.0 Å². The number of carbonyl (C=O) groups excluding carboxylic acids is 2. The number of rotatable bonds is 8. The molecule has 0 unspecified atom stereocenters. The lowest BCUT2D eigenvalue weighted by Gasteiger charge is -2.30. The van der Waals surface area contributed by atoms with Crippen LogP contribution >= 0.6 is 22.6 Å². The summed E-state index contributed by atoms with van der Waals surface area (Å²) in [6.07, 6.45) is 5.28. The highest BCUT2D eigenvalue weighted by Gasteiger charge is 2.57. The Morgan fingerprint density at radius 2 is 2.00 bits per heavy atom. The van der Waals surface area contributed by atoms with Crippen LogP contribution in [-0.2, 0) is 14.3 Å². The predicted molar refractivity (Wildman–Crippen MR) is 172 cm³/mol. The zero-order chi connectivity index (χ0) is 31.1. The molecule has 2 amide bonds. The molecule has 0 radical (unpaired) electrons. The number of non-ortho nitro benzene ring substituents is 1. The molecular weight excluding hydrogens is 677 g/mol. The Balaban J connectivity index is 1.26. The smallest absolute Gasteiger partial charge is 0.271 e. The van der Waals surface area contributed by atoms with Crippen LogP contribution in [0.15, 0.2) is 71.9 Å². The van der Waals surface area contributed by atoms with Crippen LogP contribution < -0.4 is 9.64 Å². The molecule has 1 aliphatic carbocycles. The van der Waals surface area contributed by atoms with E-state index in [1.807, 2.05) is 37.3 Å². The third kappa shape index (κ3) is 5.38.